The molecule has 0 amide bonds. The van der Waals surface area contributed by atoms with Gasteiger partial charge in [-0.1, -0.05) is 18.5 Å². The number of nitrogens with two attached hydrogens (primary N) is 1. The van der Waals surface area contributed by atoms with Crippen molar-refractivity contribution in [3.63, 3.8) is 0 Å². The van der Waals surface area contributed by atoms with Crippen LogP contribution in [0, 0.1) is 0 Å². The highest BCUT2D eigenvalue weighted by atomic mass is 35.5. The molecule has 3 N–H and O–H groups in total. The van der Waals surface area contributed by atoms with Crippen LogP contribution < -0.4 is 20.5 Å². The zero-order valence-corrected chi connectivity index (χ0v) is 11.5. The lowest BCUT2D eigenvalue weighted by molar-refractivity contribution is 0.174. The Balaban J connectivity index is 2.23. The molecule has 0 saturated heterocycles. The first-order valence-electron chi connectivity index (χ1n) is 6.20. The van der Waals surface area contributed by atoms with Crippen LogP contribution in [-0.2, 0) is 0 Å². The van der Waals surface area contributed by atoms with Crippen LogP contribution in [0.3, 0.4) is 0 Å². The molecule has 1 aromatic carbocycles. The van der Waals surface area contributed by atoms with E-state index < -0.39 is 0 Å². The molecule has 1 aliphatic rings. The van der Waals surface area contributed by atoms with Crippen molar-refractivity contribution in [2.45, 2.75) is 32.4 Å². The van der Waals surface area contributed by atoms with E-state index in [0.717, 1.165) is 12.0 Å². The summed E-state index contributed by atoms with van der Waals surface area (Å²) in [4.78, 5) is 0. The van der Waals surface area contributed by atoms with Crippen LogP contribution in [-0.4, -0.2) is 19.4 Å². The van der Waals surface area contributed by atoms with Crippen LogP contribution in [0.2, 0.25) is 5.02 Å². The van der Waals surface area contributed by atoms with Crippen molar-refractivity contribution in [2.24, 2.45) is 5.73 Å². The Morgan fingerprint density at radius 2 is 2.22 bits per heavy atom. The number of halogens is 1. The third-order valence-corrected chi connectivity index (χ3v) is 3.47. The van der Waals surface area contributed by atoms with E-state index in [9.17, 15) is 0 Å². The number of fused-ring (bicyclic) bond motifs is 1. The van der Waals surface area contributed by atoms with E-state index in [1.807, 2.05) is 12.1 Å². The molecule has 0 aromatic heterocycles. The summed E-state index contributed by atoms with van der Waals surface area (Å²) >= 11 is 6.17. The fourth-order valence-electron chi connectivity index (χ4n) is 1.95. The molecule has 0 aliphatic carbocycles. The molecule has 0 radical (unpaired) electrons. The molecular formula is C13H19ClN2O2. The lowest BCUT2D eigenvalue weighted by Gasteiger charge is -2.22. The van der Waals surface area contributed by atoms with Crippen molar-refractivity contribution in [1.29, 1.82) is 0 Å². The molecule has 0 spiro atoms. The SMILES string of the molecule is CCC(C)NC(CN)c1cc(Cl)c2c(c1)OCO2. The standard InChI is InChI=1S/C13H19ClN2O2/c1-3-8(2)16-11(6-15)9-4-10(14)13-12(5-9)17-7-18-13/h4-5,8,11,16H,3,6-7,15H2,1-2H3. The molecule has 1 heterocycles. The molecule has 2 unspecified atom stereocenters. The second kappa shape index (κ2) is 5.78. The van der Waals surface area contributed by atoms with Gasteiger partial charge in [0.2, 0.25) is 6.79 Å². The molecule has 2 atom stereocenters. The molecule has 4 nitrogen and oxygen atoms in total. The van der Waals surface area contributed by atoms with Gasteiger partial charge < -0.3 is 20.5 Å². The van der Waals surface area contributed by atoms with Crippen molar-refractivity contribution in [3.05, 3.63) is 22.7 Å². The molecule has 18 heavy (non-hydrogen) atoms. The number of nitrogens with one attached hydrogen (secondary N) is 1. The maximum absolute atomic E-state index is 6.17. The molecule has 5 heteroatoms. The number of hydrogen-bond acceptors (Lipinski definition) is 4. The third-order valence-electron chi connectivity index (χ3n) is 3.19. The summed E-state index contributed by atoms with van der Waals surface area (Å²) < 4.78 is 10.7. The summed E-state index contributed by atoms with van der Waals surface area (Å²) in [7, 11) is 0. The Morgan fingerprint density at radius 1 is 1.44 bits per heavy atom. The van der Waals surface area contributed by atoms with Crippen molar-refractivity contribution in [3.8, 4) is 11.5 Å². The van der Waals surface area contributed by atoms with Crippen molar-refractivity contribution >= 4 is 11.6 Å². The molecule has 0 fully saturated rings. The van der Waals surface area contributed by atoms with Gasteiger partial charge in [-0.15, -0.1) is 0 Å². The summed E-state index contributed by atoms with van der Waals surface area (Å²) in [6, 6.07) is 4.32. The summed E-state index contributed by atoms with van der Waals surface area (Å²) in [6.45, 7) is 5.01. The van der Waals surface area contributed by atoms with Crippen molar-refractivity contribution in [2.75, 3.05) is 13.3 Å². The van der Waals surface area contributed by atoms with Gasteiger partial charge in [-0.3, -0.25) is 0 Å². The minimum atomic E-state index is 0.0759. The molecule has 1 aromatic rings. The Kier molecular flexibility index (Phi) is 4.32. The normalized spacial score (nSPS) is 16.7. The summed E-state index contributed by atoms with van der Waals surface area (Å²) in [5.41, 5.74) is 6.86. The average Bonchev–Trinajstić information content (AvgIpc) is 2.84. The minimum absolute atomic E-state index is 0.0759. The Bertz CT molecular complexity index is 426. The summed E-state index contributed by atoms with van der Waals surface area (Å²) in [6.07, 6.45) is 1.05. The lowest BCUT2D eigenvalue weighted by Crippen LogP contribution is -2.34. The highest BCUT2D eigenvalue weighted by molar-refractivity contribution is 6.32. The topological polar surface area (TPSA) is 56.5 Å². The molecule has 100 valence electrons. The number of benzene rings is 1. The highest BCUT2D eigenvalue weighted by Crippen LogP contribution is 2.40. The predicted molar refractivity (Wildman–Crippen MR) is 72.3 cm³/mol. The smallest absolute Gasteiger partial charge is 0.231 e. The second-order valence-electron chi connectivity index (χ2n) is 4.50. The van der Waals surface area contributed by atoms with Gasteiger partial charge in [-0.25, -0.2) is 0 Å². The second-order valence-corrected chi connectivity index (χ2v) is 4.91. The largest absolute Gasteiger partial charge is 0.454 e. The fraction of sp³-hybridized carbons (Fsp3) is 0.538. The zero-order valence-electron chi connectivity index (χ0n) is 10.7. The molecule has 2 rings (SSSR count). The minimum Gasteiger partial charge on any atom is -0.454 e. The Hall–Kier alpha value is -0.970. The van der Waals surface area contributed by atoms with E-state index in [1.165, 1.54) is 0 Å². The first-order valence-corrected chi connectivity index (χ1v) is 6.58. The van der Waals surface area contributed by atoms with Gasteiger partial charge in [0.25, 0.3) is 0 Å². The van der Waals surface area contributed by atoms with Gasteiger partial charge in [0.05, 0.1) is 5.02 Å². The molecular weight excluding hydrogens is 252 g/mol. The third kappa shape index (κ3) is 2.71. The molecule has 0 bridgehead atoms. The average molecular weight is 271 g/mol. The Morgan fingerprint density at radius 3 is 2.89 bits per heavy atom. The first kappa shape index (κ1) is 13.5. The van der Waals surface area contributed by atoms with Gasteiger partial charge in [0, 0.05) is 18.6 Å². The maximum atomic E-state index is 6.17. The summed E-state index contributed by atoms with van der Waals surface area (Å²) in [5, 5.41) is 4.04. The number of rotatable bonds is 5. The van der Waals surface area contributed by atoms with Crippen LogP contribution in [0.15, 0.2) is 12.1 Å². The van der Waals surface area contributed by atoms with E-state index in [1.54, 1.807) is 0 Å². The summed E-state index contributed by atoms with van der Waals surface area (Å²) in [5.74, 6) is 1.32. The molecule has 1 aliphatic heterocycles. The van der Waals surface area contributed by atoms with Gasteiger partial charge in [-0.2, -0.15) is 0 Å². The van der Waals surface area contributed by atoms with E-state index in [0.29, 0.717) is 29.1 Å². The van der Waals surface area contributed by atoms with Crippen LogP contribution in [0.1, 0.15) is 31.9 Å². The Labute approximate surface area is 112 Å². The maximum Gasteiger partial charge on any atom is 0.231 e. The fourth-order valence-corrected chi connectivity index (χ4v) is 2.22. The predicted octanol–water partition coefficient (Wildman–Crippen LogP) is 2.46. The quantitative estimate of drug-likeness (QED) is 0.863. The first-order chi connectivity index (χ1) is 8.65. The molecule has 0 saturated carbocycles. The highest BCUT2D eigenvalue weighted by Gasteiger charge is 2.21. The van der Waals surface area contributed by atoms with Gasteiger partial charge in [0.15, 0.2) is 11.5 Å². The van der Waals surface area contributed by atoms with Crippen LogP contribution >= 0.6 is 11.6 Å². The van der Waals surface area contributed by atoms with Gasteiger partial charge in [-0.05, 0) is 31.0 Å². The van der Waals surface area contributed by atoms with Crippen LogP contribution in [0.5, 0.6) is 11.5 Å². The number of ether oxygens (including phenoxy) is 2. The van der Waals surface area contributed by atoms with Crippen molar-refractivity contribution in [1.82, 2.24) is 5.32 Å². The van der Waals surface area contributed by atoms with Gasteiger partial charge >= 0.3 is 0 Å². The number of hydrogen-bond donors (Lipinski definition) is 2. The van der Waals surface area contributed by atoms with E-state index in [2.05, 4.69) is 19.2 Å². The zero-order chi connectivity index (χ0) is 13.1. The lowest BCUT2D eigenvalue weighted by atomic mass is 10.0. The van der Waals surface area contributed by atoms with Gasteiger partial charge in [0.1, 0.15) is 0 Å². The van der Waals surface area contributed by atoms with E-state index in [4.69, 9.17) is 26.8 Å². The van der Waals surface area contributed by atoms with Crippen molar-refractivity contribution < 1.29 is 9.47 Å². The monoisotopic (exact) mass is 270 g/mol. The van der Waals surface area contributed by atoms with Crippen LogP contribution in [0.4, 0.5) is 0 Å². The van der Waals surface area contributed by atoms with E-state index in [-0.39, 0.29) is 12.8 Å². The van der Waals surface area contributed by atoms with E-state index >= 15 is 0 Å². The van der Waals surface area contributed by atoms with Crippen LogP contribution in [0.25, 0.3) is 0 Å².